The molecule has 3 heteroatoms. The summed E-state index contributed by atoms with van der Waals surface area (Å²) < 4.78 is 24.6. The maximum absolute atomic E-state index is 12.3. The molecule has 0 bridgehead atoms. The Labute approximate surface area is 115 Å². The van der Waals surface area contributed by atoms with Crippen LogP contribution in [-0.4, -0.2) is 8.42 Å². The van der Waals surface area contributed by atoms with E-state index in [2.05, 4.69) is 13.8 Å². The summed E-state index contributed by atoms with van der Waals surface area (Å²) in [6.07, 6.45) is 0. The van der Waals surface area contributed by atoms with E-state index in [-0.39, 0.29) is 5.75 Å². The fourth-order valence-corrected chi connectivity index (χ4v) is 3.33. The average molecular weight is 274 g/mol. The second-order valence-corrected chi connectivity index (χ2v) is 6.96. The molecule has 0 atom stereocenters. The van der Waals surface area contributed by atoms with E-state index >= 15 is 0 Å². The first-order chi connectivity index (χ1) is 8.99. The summed E-state index contributed by atoms with van der Waals surface area (Å²) in [7, 11) is -3.26. The summed E-state index contributed by atoms with van der Waals surface area (Å²) in [5.74, 6) is 0.455. The van der Waals surface area contributed by atoms with Gasteiger partial charge in [0.25, 0.3) is 0 Å². The quantitative estimate of drug-likeness (QED) is 0.850. The van der Waals surface area contributed by atoms with Gasteiger partial charge in [-0.1, -0.05) is 56.3 Å². The fraction of sp³-hybridized carbons (Fsp3) is 0.250. The molecule has 2 rings (SSSR count). The average Bonchev–Trinajstić information content (AvgIpc) is 2.39. The van der Waals surface area contributed by atoms with Crippen LogP contribution in [0.15, 0.2) is 59.5 Å². The van der Waals surface area contributed by atoms with Crippen molar-refractivity contribution in [1.82, 2.24) is 0 Å². The van der Waals surface area contributed by atoms with Crippen LogP contribution in [0.2, 0.25) is 0 Å². The van der Waals surface area contributed by atoms with E-state index in [4.69, 9.17) is 0 Å². The van der Waals surface area contributed by atoms with Gasteiger partial charge in [-0.3, -0.25) is 0 Å². The highest BCUT2D eigenvalue weighted by Gasteiger charge is 2.15. The molecule has 0 spiro atoms. The van der Waals surface area contributed by atoms with Crippen LogP contribution in [0.25, 0.3) is 0 Å². The van der Waals surface area contributed by atoms with Crippen LogP contribution in [0.4, 0.5) is 0 Å². The van der Waals surface area contributed by atoms with E-state index in [1.807, 2.05) is 30.3 Å². The number of hydrogen-bond acceptors (Lipinski definition) is 2. The van der Waals surface area contributed by atoms with Gasteiger partial charge >= 0.3 is 0 Å². The topological polar surface area (TPSA) is 34.1 Å². The summed E-state index contributed by atoms with van der Waals surface area (Å²) in [6, 6.07) is 16.4. The van der Waals surface area contributed by atoms with Crippen molar-refractivity contribution in [3.05, 3.63) is 65.7 Å². The number of sulfone groups is 1. The highest BCUT2D eigenvalue weighted by Crippen LogP contribution is 2.20. The third-order valence-electron chi connectivity index (χ3n) is 3.08. The summed E-state index contributed by atoms with van der Waals surface area (Å²) in [6.45, 7) is 4.20. The Hall–Kier alpha value is -1.61. The van der Waals surface area contributed by atoms with E-state index in [0.717, 1.165) is 5.56 Å². The Balaban J connectivity index is 2.29. The van der Waals surface area contributed by atoms with Crippen molar-refractivity contribution in [1.29, 1.82) is 0 Å². The molecule has 100 valence electrons. The molecule has 0 radical (unpaired) electrons. The molecule has 2 nitrogen and oxygen atoms in total. The molecule has 0 unspecified atom stereocenters. The molecule has 0 amide bonds. The predicted octanol–water partition coefficient (Wildman–Crippen LogP) is 3.78. The zero-order chi connectivity index (χ0) is 13.9. The van der Waals surface area contributed by atoms with Gasteiger partial charge in [-0.15, -0.1) is 0 Å². The molecule has 0 saturated heterocycles. The third kappa shape index (κ3) is 3.44. The third-order valence-corrected chi connectivity index (χ3v) is 4.78. The zero-order valence-electron chi connectivity index (χ0n) is 11.2. The van der Waals surface area contributed by atoms with Crippen LogP contribution in [0, 0.1) is 0 Å². The van der Waals surface area contributed by atoms with Crippen molar-refractivity contribution in [2.24, 2.45) is 0 Å². The normalized spacial score (nSPS) is 11.7. The largest absolute Gasteiger partial charge is 0.223 e. The van der Waals surface area contributed by atoms with Crippen LogP contribution in [-0.2, 0) is 15.6 Å². The number of rotatable bonds is 4. The van der Waals surface area contributed by atoms with Crippen molar-refractivity contribution in [2.45, 2.75) is 30.4 Å². The second kappa shape index (κ2) is 5.57. The smallest absolute Gasteiger partial charge is 0.182 e. The first kappa shape index (κ1) is 13.8. The van der Waals surface area contributed by atoms with Crippen molar-refractivity contribution >= 4 is 9.84 Å². The van der Waals surface area contributed by atoms with Crippen LogP contribution >= 0.6 is 0 Å². The van der Waals surface area contributed by atoms with Gasteiger partial charge in [0.2, 0.25) is 0 Å². The van der Waals surface area contributed by atoms with Crippen LogP contribution in [0.5, 0.6) is 0 Å². The summed E-state index contributed by atoms with van der Waals surface area (Å²) in [4.78, 5) is 0.380. The molecule has 0 heterocycles. The molecule has 0 aliphatic carbocycles. The first-order valence-electron chi connectivity index (χ1n) is 6.36. The van der Waals surface area contributed by atoms with E-state index in [0.29, 0.717) is 10.8 Å². The minimum atomic E-state index is -3.26. The molecule has 0 fully saturated rings. The lowest BCUT2D eigenvalue weighted by Crippen LogP contribution is -2.05. The van der Waals surface area contributed by atoms with Gasteiger partial charge in [0.05, 0.1) is 10.6 Å². The van der Waals surface area contributed by atoms with E-state index in [1.165, 1.54) is 5.56 Å². The summed E-state index contributed by atoms with van der Waals surface area (Å²) >= 11 is 0. The van der Waals surface area contributed by atoms with Gasteiger partial charge in [-0.05, 0) is 29.2 Å². The van der Waals surface area contributed by atoms with E-state index in [9.17, 15) is 8.42 Å². The van der Waals surface area contributed by atoms with Crippen molar-refractivity contribution in [2.75, 3.05) is 0 Å². The lowest BCUT2D eigenvalue weighted by atomic mass is 10.0. The van der Waals surface area contributed by atoms with Gasteiger partial charge in [0.1, 0.15) is 0 Å². The van der Waals surface area contributed by atoms with Gasteiger partial charge in [-0.2, -0.15) is 0 Å². The van der Waals surface area contributed by atoms with Gasteiger partial charge in [0, 0.05) is 0 Å². The Bertz CT molecular complexity index is 643. The molecule has 2 aromatic carbocycles. The SMILES string of the molecule is CC(C)c1cccc(CS(=O)(=O)c2ccccc2)c1. The van der Waals surface area contributed by atoms with Crippen LogP contribution < -0.4 is 0 Å². The number of hydrogen-bond donors (Lipinski definition) is 0. The first-order valence-corrected chi connectivity index (χ1v) is 8.01. The zero-order valence-corrected chi connectivity index (χ0v) is 12.0. The molecule has 0 saturated carbocycles. The Kier molecular flexibility index (Phi) is 4.05. The summed E-state index contributed by atoms with van der Waals surface area (Å²) in [5.41, 5.74) is 2.01. The Morgan fingerprint density at radius 3 is 2.26 bits per heavy atom. The van der Waals surface area contributed by atoms with Crippen LogP contribution in [0.3, 0.4) is 0 Å². The fourth-order valence-electron chi connectivity index (χ4n) is 1.97. The molecule has 0 aliphatic rings. The maximum atomic E-state index is 12.3. The van der Waals surface area contributed by atoms with Crippen molar-refractivity contribution in [3.8, 4) is 0 Å². The van der Waals surface area contributed by atoms with Crippen LogP contribution in [0.1, 0.15) is 30.9 Å². The molecule has 0 aliphatic heterocycles. The van der Waals surface area contributed by atoms with Crippen molar-refractivity contribution in [3.63, 3.8) is 0 Å². The highest BCUT2D eigenvalue weighted by atomic mass is 32.2. The minimum Gasteiger partial charge on any atom is -0.223 e. The molecule has 0 N–H and O–H groups in total. The minimum absolute atomic E-state index is 0.0531. The van der Waals surface area contributed by atoms with Gasteiger partial charge in [-0.25, -0.2) is 8.42 Å². The molecule has 0 aromatic heterocycles. The predicted molar refractivity (Wildman–Crippen MR) is 77.9 cm³/mol. The maximum Gasteiger partial charge on any atom is 0.182 e. The standard InChI is InChI=1S/C16H18O2S/c1-13(2)15-8-6-7-14(11-15)12-19(17,18)16-9-4-3-5-10-16/h3-11,13H,12H2,1-2H3. The molecule has 19 heavy (non-hydrogen) atoms. The molecular formula is C16H18O2S. The van der Waals surface area contributed by atoms with Gasteiger partial charge in [0.15, 0.2) is 9.84 Å². The van der Waals surface area contributed by atoms with E-state index in [1.54, 1.807) is 24.3 Å². The molecular weight excluding hydrogens is 256 g/mol. The Morgan fingerprint density at radius 2 is 1.63 bits per heavy atom. The number of benzene rings is 2. The monoisotopic (exact) mass is 274 g/mol. The van der Waals surface area contributed by atoms with E-state index < -0.39 is 9.84 Å². The van der Waals surface area contributed by atoms with Crippen molar-refractivity contribution < 1.29 is 8.42 Å². The Morgan fingerprint density at radius 1 is 0.947 bits per heavy atom. The molecule has 2 aromatic rings. The highest BCUT2D eigenvalue weighted by molar-refractivity contribution is 7.90. The van der Waals surface area contributed by atoms with Gasteiger partial charge < -0.3 is 0 Å². The second-order valence-electron chi connectivity index (χ2n) is 4.97. The lowest BCUT2D eigenvalue weighted by Gasteiger charge is -2.09. The summed E-state index contributed by atoms with van der Waals surface area (Å²) in [5, 5.41) is 0. The lowest BCUT2D eigenvalue weighted by molar-refractivity contribution is 0.595.